The third-order valence-corrected chi connectivity index (χ3v) is 6.11. The molecule has 3 heterocycles. The molecule has 0 aliphatic carbocycles. The predicted molar refractivity (Wildman–Crippen MR) is 109 cm³/mol. The van der Waals surface area contributed by atoms with Crippen molar-refractivity contribution in [3.05, 3.63) is 30.9 Å². The Balaban J connectivity index is 1.70. The summed E-state index contributed by atoms with van der Waals surface area (Å²) in [5.74, 6) is 0.969. The molecule has 148 valence electrons. The van der Waals surface area contributed by atoms with E-state index in [9.17, 15) is 9.32 Å². The molecule has 1 saturated heterocycles. The monoisotopic (exact) mass is 401 g/mol. The normalized spacial score (nSPS) is 16.4. The largest absolute Gasteiger partial charge is 0.396 e. The first-order valence-electron chi connectivity index (χ1n) is 9.19. The van der Waals surface area contributed by atoms with Crippen LogP contribution in [0.5, 0.6) is 0 Å². The van der Waals surface area contributed by atoms with Crippen LogP contribution in [-0.4, -0.2) is 56.0 Å². The van der Waals surface area contributed by atoms with Gasteiger partial charge in [-0.05, 0) is 44.0 Å². The number of aliphatic hydroxyl groups is 1. The molecule has 1 aliphatic heterocycles. The Labute approximate surface area is 165 Å². The Bertz CT molecular complexity index is 985. The third-order valence-electron chi connectivity index (χ3n) is 5.06. The first-order chi connectivity index (χ1) is 13.7. The Morgan fingerprint density at radius 1 is 1.29 bits per heavy atom. The lowest BCUT2D eigenvalue weighted by molar-refractivity contribution is 0.203. The van der Waals surface area contributed by atoms with Crippen molar-refractivity contribution in [2.45, 2.75) is 17.7 Å². The Hall–Kier alpha value is -2.56. The van der Waals surface area contributed by atoms with Crippen LogP contribution in [0.3, 0.4) is 0 Å². The molecule has 3 aromatic rings. The van der Waals surface area contributed by atoms with E-state index in [1.807, 2.05) is 18.2 Å². The number of benzene rings is 1. The zero-order valence-electron chi connectivity index (χ0n) is 15.6. The van der Waals surface area contributed by atoms with E-state index in [1.54, 1.807) is 13.4 Å². The smallest absolute Gasteiger partial charge is 0.182 e. The molecule has 1 atom stereocenters. The van der Waals surface area contributed by atoms with Crippen LogP contribution >= 0.6 is 0 Å². The van der Waals surface area contributed by atoms with E-state index in [1.165, 1.54) is 6.33 Å². The number of aliphatic hydroxyl groups excluding tert-OH is 1. The lowest BCUT2D eigenvalue weighted by Crippen LogP contribution is -2.35. The van der Waals surface area contributed by atoms with Gasteiger partial charge >= 0.3 is 0 Å². The summed E-state index contributed by atoms with van der Waals surface area (Å²) in [6.45, 7) is 1.95. The van der Waals surface area contributed by atoms with Gasteiger partial charge in [-0.25, -0.2) is 23.9 Å². The molecule has 9 nitrogen and oxygen atoms in total. The van der Waals surface area contributed by atoms with Crippen LogP contribution in [0, 0.1) is 5.92 Å². The molecule has 1 unspecified atom stereocenters. The van der Waals surface area contributed by atoms with Crippen molar-refractivity contribution in [2.24, 2.45) is 5.92 Å². The number of H-pyrrole nitrogens is 1. The average Bonchev–Trinajstić information content (AvgIpc) is 3.23. The number of aromatic amines is 1. The van der Waals surface area contributed by atoms with E-state index < -0.39 is 11.0 Å². The molecule has 1 aromatic carbocycles. The molecule has 0 bridgehead atoms. The van der Waals surface area contributed by atoms with Crippen molar-refractivity contribution < 1.29 is 9.32 Å². The summed E-state index contributed by atoms with van der Waals surface area (Å²) >= 11 is 0. The number of hydrogen-bond donors (Lipinski definition) is 4. The number of hydrogen-bond acceptors (Lipinski definition) is 7. The van der Waals surface area contributed by atoms with Crippen molar-refractivity contribution in [2.75, 3.05) is 37.0 Å². The first kappa shape index (κ1) is 18.8. The van der Waals surface area contributed by atoms with Crippen molar-refractivity contribution in [3.63, 3.8) is 0 Å². The van der Waals surface area contributed by atoms with Gasteiger partial charge in [-0.2, -0.15) is 0 Å². The molecule has 1 fully saturated rings. The van der Waals surface area contributed by atoms with Crippen molar-refractivity contribution in [3.8, 4) is 0 Å². The van der Waals surface area contributed by atoms with Gasteiger partial charge in [-0.15, -0.1) is 0 Å². The maximum Gasteiger partial charge on any atom is 0.182 e. The predicted octanol–water partition coefficient (Wildman–Crippen LogP) is 1.55. The first-order valence-corrected chi connectivity index (χ1v) is 10.3. The molecule has 4 N–H and O–H groups in total. The Kier molecular flexibility index (Phi) is 5.51. The maximum absolute atomic E-state index is 12.2. The van der Waals surface area contributed by atoms with E-state index in [0.29, 0.717) is 27.8 Å². The van der Waals surface area contributed by atoms with Crippen LogP contribution in [0.1, 0.15) is 12.8 Å². The molecule has 1 aliphatic rings. The second kappa shape index (κ2) is 8.21. The number of piperidine rings is 1. The number of imidazole rings is 1. The van der Waals surface area contributed by atoms with Gasteiger partial charge in [-0.1, -0.05) is 0 Å². The second-order valence-corrected chi connectivity index (χ2v) is 8.13. The summed E-state index contributed by atoms with van der Waals surface area (Å²) < 4.78 is 15.0. The molecule has 0 saturated carbocycles. The van der Waals surface area contributed by atoms with Gasteiger partial charge in [-0.3, -0.25) is 0 Å². The van der Waals surface area contributed by atoms with Gasteiger partial charge in [0, 0.05) is 19.7 Å². The lowest BCUT2D eigenvalue weighted by atomic mass is 9.97. The Morgan fingerprint density at radius 3 is 2.86 bits per heavy atom. The average molecular weight is 401 g/mol. The van der Waals surface area contributed by atoms with Crippen LogP contribution < -0.4 is 14.9 Å². The third kappa shape index (κ3) is 3.71. The highest BCUT2D eigenvalue weighted by Gasteiger charge is 2.22. The fourth-order valence-electron chi connectivity index (χ4n) is 3.47. The van der Waals surface area contributed by atoms with Gasteiger partial charge in [0.2, 0.25) is 0 Å². The van der Waals surface area contributed by atoms with Crippen molar-refractivity contribution >= 4 is 39.3 Å². The van der Waals surface area contributed by atoms with Gasteiger partial charge in [0.15, 0.2) is 11.5 Å². The minimum absolute atomic E-state index is 0.234. The summed E-state index contributed by atoms with van der Waals surface area (Å²) in [4.78, 5) is 18.7. The zero-order valence-corrected chi connectivity index (χ0v) is 16.4. The Morgan fingerprint density at radius 2 is 2.11 bits per heavy atom. The van der Waals surface area contributed by atoms with E-state index in [4.69, 9.17) is 0 Å². The number of rotatable bonds is 6. The SMILES string of the molecule is CNS(=O)c1ccc(N2CCC(CO)CC2)c(Nc2ncnc3nc[nH]c23)c1. The van der Waals surface area contributed by atoms with E-state index in [2.05, 4.69) is 34.9 Å². The second-order valence-electron chi connectivity index (χ2n) is 6.71. The quantitative estimate of drug-likeness (QED) is 0.495. The van der Waals surface area contributed by atoms with Gasteiger partial charge < -0.3 is 20.3 Å². The molecule has 4 rings (SSSR count). The van der Waals surface area contributed by atoms with Gasteiger partial charge in [0.05, 0.1) is 22.6 Å². The number of anilines is 3. The van der Waals surface area contributed by atoms with E-state index in [0.717, 1.165) is 37.3 Å². The van der Waals surface area contributed by atoms with E-state index in [-0.39, 0.29) is 6.61 Å². The zero-order chi connectivity index (χ0) is 19.5. The molecule has 28 heavy (non-hydrogen) atoms. The molecule has 2 aromatic heterocycles. The highest BCUT2D eigenvalue weighted by Crippen LogP contribution is 2.34. The highest BCUT2D eigenvalue weighted by atomic mass is 32.2. The van der Waals surface area contributed by atoms with Crippen LogP contribution in [0.4, 0.5) is 17.2 Å². The maximum atomic E-state index is 12.2. The molecule has 0 radical (unpaired) electrons. The number of nitrogens with one attached hydrogen (secondary N) is 3. The van der Waals surface area contributed by atoms with E-state index >= 15 is 0 Å². The number of fused-ring (bicyclic) bond motifs is 1. The van der Waals surface area contributed by atoms with Gasteiger partial charge in [0.25, 0.3) is 0 Å². The minimum Gasteiger partial charge on any atom is -0.396 e. The minimum atomic E-state index is -1.29. The van der Waals surface area contributed by atoms with Crippen LogP contribution in [0.15, 0.2) is 35.7 Å². The highest BCUT2D eigenvalue weighted by molar-refractivity contribution is 7.83. The van der Waals surface area contributed by atoms with Crippen LogP contribution in [0.2, 0.25) is 0 Å². The topological polar surface area (TPSA) is 119 Å². The molecule has 0 amide bonds. The number of nitrogens with zero attached hydrogens (tertiary/aromatic N) is 4. The molecular weight excluding hydrogens is 378 g/mol. The summed E-state index contributed by atoms with van der Waals surface area (Å²) in [5.41, 5.74) is 3.13. The summed E-state index contributed by atoms with van der Waals surface area (Å²) in [5, 5.41) is 12.8. The summed E-state index contributed by atoms with van der Waals surface area (Å²) in [7, 11) is 0.369. The standard InChI is InChI=1S/C18H23N7O2S/c1-19-28(27)13-2-3-15(25-6-4-12(9-26)5-7-25)14(8-13)24-18-16-17(21-10-20-16)22-11-23-18/h2-3,8,10-12,19,26H,4-7,9H2,1H3,(H2,20,21,22,23,24). The summed E-state index contributed by atoms with van der Waals surface area (Å²) in [6.07, 6.45) is 4.93. The summed E-state index contributed by atoms with van der Waals surface area (Å²) in [6, 6.07) is 5.74. The fourth-order valence-corrected chi connectivity index (χ4v) is 4.12. The molecule has 10 heteroatoms. The number of aromatic nitrogens is 4. The van der Waals surface area contributed by atoms with Gasteiger partial charge in [0.1, 0.15) is 22.8 Å². The fraction of sp³-hybridized carbons (Fsp3) is 0.389. The van der Waals surface area contributed by atoms with Crippen LogP contribution in [-0.2, 0) is 11.0 Å². The molecular formula is C18H23N7O2S. The van der Waals surface area contributed by atoms with Crippen LogP contribution in [0.25, 0.3) is 11.2 Å². The van der Waals surface area contributed by atoms with Crippen molar-refractivity contribution in [1.29, 1.82) is 0 Å². The molecule has 0 spiro atoms. The van der Waals surface area contributed by atoms with Crippen molar-refractivity contribution in [1.82, 2.24) is 24.7 Å². The lowest BCUT2D eigenvalue weighted by Gasteiger charge is -2.34.